The van der Waals surface area contributed by atoms with Gasteiger partial charge in [-0.15, -0.1) is 0 Å². The molecule has 0 atom stereocenters. The molecule has 0 heterocycles. The largest absolute Gasteiger partial charge is 0.465 e. The molecule has 0 saturated heterocycles. The second-order valence-corrected chi connectivity index (χ2v) is 4.55. The molecular formula is C17H17NO3. The summed E-state index contributed by atoms with van der Waals surface area (Å²) in [6.07, 6.45) is 1.61. The van der Waals surface area contributed by atoms with Crippen molar-refractivity contribution in [3.05, 3.63) is 70.8 Å². The monoisotopic (exact) mass is 283 g/mol. The van der Waals surface area contributed by atoms with Crippen molar-refractivity contribution in [2.45, 2.75) is 13.5 Å². The lowest BCUT2D eigenvalue weighted by Crippen LogP contribution is -2.00. The zero-order chi connectivity index (χ0) is 15.1. The maximum atomic E-state index is 11.3. The summed E-state index contributed by atoms with van der Waals surface area (Å²) < 4.78 is 4.64. The van der Waals surface area contributed by atoms with Gasteiger partial charge >= 0.3 is 5.97 Å². The molecule has 0 saturated carbocycles. The van der Waals surface area contributed by atoms with E-state index in [0.717, 1.165) is 11.1 Å². The number of methoxy groups -OCH3 is 1. The normalized spacial score (nSPS) is 10.6. The molecule has 0 aliphatic rings. The van der Waals surface area contributed by atoms with Crippen molar-refractivity contribution in [2.75, 3.05) is 7.11 Å². The van der Waals surface area contributed by atoms with Crippen LogP contribution in [0.25, 0.3) is 0 Å². The van der Waals surface area contributed by atoms with E-state index in [9.17, 15) is 4.79 Å². The van der Waals surface area contributed by atoms with Gasteiger partial charge in [-0.1, -0.05) is 41.6 Å². The molecule has 0 aliphatic carbocycles. The quantitative estimate of drug-likeness (QED) is 0.480. The lowest BCUT2D eigenvalue weighted by molar-refractivity contribution is 0.0601. The van der Waals surface area contributed by atoms with Crippen LogP contribution in [-0.2, 0) is 16.2 Å². The van der Waals surface area contributed by atoms with Crippen LogP contribution in [0.1, 0.15) is 27.0 Å². The number of ether oxygens (including phenoxy) is 1. The molecule has 0 spiro atoms. The number of hydrogen-bond donors (Lipinski definition) is 0. The summed E-state index contributed by atoms with van der Waals surface area (Å²) in [5.74, 6) is -0.353. The van der Waals surface area contributed by atoms with E-state index in [1.165, 1.54) is 12.7 Å². The minimum absolute atomic E-state index is 0.353. The van der Waals surface area contributed by atoms with Gasteiger partial charge in [-0.2, -0.15) is 0 Å². The van der Waals surface area contributed by atoms with Gasteiger partial charge in [-0.25, -0.2) is 4.79 Å². The van der Waals surface area contributed by atoms with E-state index < -0.39 is 0 Å². The fourth-order valence-electron chi connectivity index (χ4n) is 1.80. The van der Waals surface area contributed by atoms with E-state index in [1.807, 2.05) is 31.2 Å². The highest BCUT2D eigenvalue weighted by atomic mass is 16.6. The molecule has 0 N–H and O–H groups in total. The first kappa shape index (κ1) is 14.8. The Morgan fingerprint density at radius 3 is 2.52 bits per heavy atom. The Hall–Kier alpha value is -2.62. The van der Waals surface area contributed by atoms with Gasteiger partial charge in [0, 0.05) is 0 Å². The average Bonchev–Trinajstić information content (AvgIpc) is 2.53. The fraction of sp³-hybridized carbons (Fsp3) is 0.176. The van der Waals surface area contributed by atoms with Crippen molar-refractivity contribution < 1.29 is 14.4 Å². The first-order valence-corrected chi connectivity index (χ1v) is 6.59. The molecule has 0 fully saturated rings. The summed E-state index contributed by atoms with van der Waals surface area (Å²) >= 11 is 0. The van der Waals surface area contributed by atoms with Crippen molar-refractivity contribution in [1.82, 2.24) is 0 Å². The maximum Gasteiger partial charge on any atom is 0.337 e. The molecule has 0 bridgehead atoms. The third-order valence-electron chi connectivity index (χ3n) is 3.09. The number of oxime groups is 1. The number of nitrogens with zero attached hydrogens (tertiary/aromatic N) is 1. The lowest BCUT2D eigenvalue weighted by atomic mass is 10.1. The van der Waals surface area contributed by atoms with Crippen LogP contribution in [0.3, 0.4) is 0 Å². The van der Waals surface area contributed by atoms with Crippen molar-refractivity contribution in [1.29, 1.82) is 0 Å². The van der Waals surface area contributed by atoms with Crippen LogP contribution in [0.4, 0.5) is 0 Å². The minimum atomic E-state index is -0.353. The third kappa shape index (κ3) is 4.18. The Morgan fingerprint density at radius 1 is 1.14 bits per heavy atom. The molecular weight excluding hydrogens is 266 g/mol. The standard InChI is InChI=1S/C17H17NO3/c1-13-5-3-4-6-16(13)12-21-18-11-14-7-9-15(10-8-14)17(19)20-2/h3-11H,12H2,1-2H3/b18-11+. The van der Waals surface area contributed by atoms with Crippen LogP contribution in [0, 0.1) is 6.92 Å². The SMILES string of the molecule is COC(=O)c1ccc(/C=N/OCc2ccccc2C)cc1. The summed E-state index contributed by atoms with van der Waals surface area (Å²) in [4.78, 5) is 16.6. The third-order valence-corrected chi connectivity index (χ3v) is 3.09. The van der Waals surface area contributed by atoms with Gasteiger partial charge in [-0.05, 0) is 35.7 Å². The minimum Gasteiger partial charge on any atom is -0.465 e. The Kier molecular flexibility index (Phi) is 5.10. The predicted octanol–water partition coefficient (Wildman–Crippen LogP) is 3.33. The Balaban J connectivity index is 1.90. The Bertz CT molecular complexity index is 633. The molecule has 2 aromatic rings. The zero-order valence-corrected chi connectivity index (χ0v) is 12.1. The van der Waals surface area contributed by atoms with Crippen LogP contribution in [0.2, 0.25) is 0 Å². The smallest absolute Gasteiger partial charge is 0.337 e. The summed E-state index contributed by atoms with van der Waals surface area (Å²) in [7, 11) is 1.36. The Labute approximate surface area is 124 Å². The molecule has 0 amide bonds. The molecule has 108 valence electrons. The Morgan fingerprint density at radius 2 is 1.86 bits per heavy atom. The van der Waals surface area contributed by atoms with E-state index in [1.54, 1.807) is 30.5 Å². The molecule has 0 aromatic heterocycles. The highest BCUT2D eigenvalue weighted by Gasteiger charge is 2.03. The summed E-state index contributed by atoms with van der Waals surface area (Å²) in [5, 5.41) is 3.93. The second-order valence-electron chi connectivity index (χ2n) is 4.55. The van der Waals surface area contributed by atoms with E-state index in [2.05, 4.69) is 9.89 Å². The molecule has 0 radical (unpaired) electrons. The van der Waals surface area contributed by atoms with Gasteiger partial charge < -0.3 is 9.57 Å². The van der Waals surface area contributed by atoms with Crippen LogP contribution in [0.15, 0.2) is 53.7 Å². The summed E-state index contributed by atoms with van der Waals surface area (Å²) in [6, 6.07) is 15.0. The van der Waals surface area contributed by atoms with Crippen LogP contribution < -0.4 is 0 Å². The van der Waals surface area contributed by atoms with Crippen LogP contribution in [0.5, 0.6) is 0 Å². The van der Waals surface area contributed by atoms with Crippen molar-refractivity contribution in [3.8, 4) is 0 Å². The van der Waals surface area contributed by atoms with E-state index in [0.29, 0.717) is 12.2 Å². The van der Waals surface area contributed by atoms with Gasteiger partial charge in [0.05, 0.1) is 18.9 Å². The van der Waals surface area contributed by atoms with Gasteiger partial charge in [0.1, 0.15) is 6.61 Å². The molecule has 2 aromatic carbocycles. The molecule has 2 rings (SSSR count). The van der Waals surface area contributed by atoms with Crippen molar-refractivity contribution in [2.24, 2.45) is 5.16 Å². The highest BCUT2D eigenvalue weighted by Crippen LogP contribution is 2.08. The number of benzene rings is 2. The van der Waals surface area contributed by atoms with Gasteiger partial charge in [0.2, 0.25) is 0 Å². The highest BCUT2D eigenvalue weighted by molar-refractivity contribution is 5.90. The second kappa shape index (κ2) is 7.24. The van der Waals surface area contributed by atoms with Crippen molar-refractivity contribution in [3.63, 3.8) is 0 Å². The number of hydrogen-bond acceptors (Lipinski definition) is 4. The van der Waals surface area contributed by atoms with Crippen LogP contribution in [-0.4, -0.2) is 19.3 Å². The topological polar surface area (TPSA) is 47.9 Å². The van der Waals surface area contributed by atoms with Gasteiger partial charge in [0.15, 0.2) is 0 Å². The number of aryl methyl sites for hydroxylation is 1. The number of rotatable bonds is 5. The van der Waals surface area contributed by atoms with E-state index >= 15 is 0 Å². The summed E-state index contributed by atoms with van der Waals surface area (Å²) in [5.41, 5.74) is 3.65. The average molecular weight is 283 g/mol. The number of carbonyl (C=O) groups is 1. The maximum absolute atomic E-state index is 11.3. The molecule has 4 nitrogen and oxygen atoms in total. The molecule has 21 heavy (non-hydrogen) atoms. The fourth-order valence-corrected chi connectivity index (χ4v) is 1.80. The van der Waals surface area contributed by atoms with E-state index in [-0.39, 0.29) is 5.97 Å². The summed E-state index contributed by atoms with van der Waals surface area (Å²) in [6.45, 7) is 2.47. The van der Waals surface area contributed by atoms with E-state index in [4.69, 9.17) is 4.84 Å². The van der Waals surface area contributed by atoms with Crippen molar-refractivity contribution >= 4 is 12.2 Å². The molecule has 4 heteroatoms. The van der Waals surface area contributed by atoms with Gasteiger partial charge in [0.25, 0.3) is 0 Å². The number of carbonyl (C=O) groups excluding carboxylic acids is 1. The number of esters is 1. The first-order chi connectivity index (χ1) is 10.2. The molecule has 0 aliphatic heterocycles. The predicted molar refractivity (Wildman–Crippen MR) is 81.3 cm³/mol. The van der Waals surface area contributed by atoms with Gasteiger partial charge in [-0.3, -0.25) is 0 Å². The first-order valence-electron chi connectivity index (χ1n) is 6.59. The lowest BCUT2D eigenvalue weighted by Gasteiger charge is -2.03. The zero-order valence-electron chi connectivity index (χ0n) is 12.1. The van der Waals surface area contributed by atoms with Crippen LogP contribution >= 0.6 is 0 Å². The molecule has 0 unspecified atom stereocenters.